The van der Waals surface area contributed by atoms with Gasteiger partial charge in [-0.05, 0) is 25.1 Å². The molecule has 1 heterocycles. The van der Waals surface area contributed by atoms with Gasteiger partial charge in [0.25, 0.3) is 0 Å². The maximum absolute atomic E-state index is 11.2. The first kappa shape index (κ1) is 8.77. The molecule has 0 saturated carbocycles. The SMILES string of the molecule is Cc1ccc2oc(=O)c(NN)cc2c1. The number of nitrogen functional groups attached to an aromatic ring is 1. The van der Waals surface area contributed by atoms with Gasteiger partial charge in [0, 0.05) is 5.39 Å². The molecule has 0 aliphatic heterocycles. The number of hydrogen-bond acceptors (Lipinski definition) is 4. The molecule has 0 spiro atoms. The smallest absolute Gasteiger partial charge is 0.361 e. The lowest BCUT2D eigenvalue weighted by molar-refractivity contribution is 0.563. The molecule has 4 heteroatoms. The molecule has 0 aliphatic rings. The first-order chi connectivity index (χ1) is 6.70. The van der Waals surface area contributed by atoms with Crippen molar-refractivity contribution >= 4 is 16.7 Å². The highest BCUT2D eigenvalue weighted by Gasteiger charge is 2.02. The molecule has 2 rings (SSSR count). The Bertz CT molecular complexity index is 531. The van der Waals surface area contributed by atoms with Crippen molar-refractivity contribution in [3.63, 3.8) is 0 Å². The summed E-state index contributed by atoms with van der Waals surface area (Å²) >= 11 is 0. The van der Waals surface area contributed by atoms with Gasteiger partial charge >= 0.3 is 5.63 Å². The van der Waals surface area contributed by atoms with Crippen LogP contribution in [0.25, 0.3) is 11.0 Å². The summed E-state index contributed by atoms with van der Waals surface area (Å²) in [5.74, 6) is 5.17. The van der Waals surface area contributed by atoms with Gasteiger partial charge in [-0.2, -0.15) is 0 Å². The molecule has 72 valence electrons. The van der Waals surface area contributed by atoms with Crippen LogP contribution in [0.15, 0.2) is 33.5 Å². The topological polar surface area (TPSA) is 68.3 Å². The monoisotopic (exact) mass is 190 g/mol. The van der Waals surface area contributed by atoms with Gasteiger partial charge < -0.3 is 9.84 Å². The molecule has 0 radical (unpaired) electrons. The zero-order valence-electron chi connectivity index (χ0n) is 7.70. The van der Waals surface area contributed by atoms with E-state index in [-0.39, 0.29) is 5.69 Å². The van der Waals surface area contributed by atoms with Crippen molar-refractivity contribution in [3.05, 3.63) is 40.2 Å². The van der Waals surface area contributed by atoms with E-state index < -0.39 is 5.63 Å². The average Bonchev–Trinajstić information content (AvgIpc) is 2.17. The van der Waals surface area contributed by atoms with Crippen LogP contribution in [0.1, 0.15) is 5.56 Å². The van der Waals surface area contributed by atoms with Crippen LogP contribution in [-0.4, -0.2) is 0 Å². The normalized spacial score (nSPS) is 10.4. The van der Waals surface area contributed by atoms with E-state index >= 15 is 0 Å². The molecule has 14 heavy (non-hydrogen) atoms. The molecule has 0 amide bonds. The Morgan fingerprint density at radius 3 is 2.86 bits per heavy atom. The van der Waals surface area contributed by atoms with Gasteiger partial charge in [0.15, 0.2) is 0 Å². The quantitative estimate of drug-likeness (QED) is 0.405. The maximum atomic E-state index is 11.2. The molecule has 0 unspecified atom stereocenters. The second-order valence-electron chi connectivity index (χ2n) is 3.13. The molecule has 0 fully saturated rings. The molecule has 0 bridgehead atoms. The highest BCUT2D eigenvalue weighted by atomic mass is 16.4. The van der Waals surface area contributed by atoms with Crippen LogP contribution >= 0.6 is 0 Å². The van der Waals surface area contributed by atoms with Gasteiger partial charge in [0.1, 0.15) is 11.3 Å². The Morgan fingerprint density at radius 2 is 2.14 bits per heavy atom. The highest BCUT2D eigenvalue weighted by molar-refractivity contribution is 5.80. The van der Waals surface area contributed by atoms with E-state index in [1.807, 2.05) is 19.1 Å². The van der Waals surface area contributed by atoms with Crippen molar-refractivity contribution in [2.24, 2.45) is 5.84 Å². The summed E-state index contributed by atoms with van der Waals surface area (Å²) in [6, 6.07) is 7.26. The van der Waals surface area contributed by atoms with Gasteiger partial charge in [-0.3, -0.25) is 5.84 Å². The van der Waals surface area contributed by atoms with Crippen molar-refractivity contribution in [1.82, 2.24) is 0 Å². The minimum absolute atomic E-state index is 0.267. The minimum Gasteiger partial charge on any atom is -0.421 e. The third-order valence-corrected chi connectivity index (χ3v) is 2.04. The zero-order valence-corrected chi connectivity index (χ0v) is 7.70. The predicted molar refractivity (Wildman–Crippen MR) is 55.0 cm³/mol. The molecule has 0 aliphatic carbocycles. The number of aryl methyl sites for hydroxylation is 1. The first-order valence-electron chi connectivity index (χ1n) is 4.22. The number of hydrogen-bond donors (Lipinski definition) is 2. The van der Waals surface area contributed by atoms with E-state index in [1.165, 1.54) is 0 Å². The Balaban J connectivity index is 2.80. The van der Waals surface area contributed by atoms with Crippen LogP contribution < -0.4 is 16.9 Å². The lowest BCUT2D eigenvalue weighted by Gasteiger charge is -2.01. The van der Waals surface area contributed by atoms with Crippen LogP contribution in [-0.2, 0) is 0 Å². The second-order valence-corrected chi connectivity index (χ2v) is 3.13. The summed E-state index contributed by atoms with van der Waals surface area (Å²) in [6.45, 7) is 1.97. The zero-order chi connectivity index (χ0) is 10.1. The molecule has 0 atom stereocenters. The van der Waals surface area contributed by atoms with E-state index in [1.54, 1.807) is 12.1 Å². The molecular formula is C10H10N2O2. The predicted octanol–water partition coefficient (Wildman–Crippen LogP) is 1.39. The summed E-state index contributed by atoms with van der Waals surface area (Å²) in [7, 11) is 0. The van der Waals surface area contributed by atoms with Crippen molar-refractivity contribution in [2.45, 2.75) is 6.92 Å². The second kappa shape index (κ2) is 3.16. The Kier molecular flexibility index (Phi) is 1.98. The molecule has 1 aromatic carbocycles. The number of fused-ring (bicyclic) bond motifs is 1. The first-order valence-corrected chi connectivity index (χ1v) is 4.22. The summed E-state index contributed by atoms with van der Waals surface area (Å²) in [6.07, 6.45) is 0. The number of hydrazine groups is 1. The van der Waals surface area contributed by atoms with E-state index in [0.29, 0.717) is 5.58 Å². The standard InChI is InChI=1S/C10H10N2O2/c1-6-2-3-9-7(4-6)5-8(12-11)10(13)14-9/h2-5,12H,11H2,1H3. The van der Waals surface area contributed by atoms with Gasteiger partial charge in [-0.1, -0.05) is 11.6 Å². The van der Waals surface area contributed by atoms with Gasteiger partial charge in [-0.25, -0.2) is 4.79 Å². The summed E-state index contributed by atoms with van der Waals surface area (Å²) < 4.78 is 5.04. The molecule has 1 aromatic heterocycles. The summed E-state index contributed by atoms with van der Waals surface area (Å²) in [5, 5.41) is 0.859. The Labute approximate surface area is 80.3 Å². The van der Waals surface area contributed by atoms with Crippen LogP contribution in [0.5, 0.6) is 0 Å². The number of rotatable bonds is 1. The van der Waals surface area contributed by atoms with Crippen LogP contribution in [0.3, 0.4) is 0 Å². The number of nitrogens with one attached hydrogen (secondary N) is 1. The van der Waals surface area contributed by atoms with Gasteiger partial charge in [-0.15, -0.1) is 0 Å². The van der Waals surface area contributed by atoms with Crippen molar-refractivity contribution in [1.29, 1.82) is 0 Å². The summed E-state index contributed by atoms with van der Waals surface area (Å²) in [5.41, 5.74) is 3.79. The maximum Gasteiger partial charge on any atom is 0.361 e. The average molecular weight is 190 g/mol. The van der Waals surface area contributed by atoms with E-state index in [4.69, 9.17) is 10.3 Å². The number of anilines is 1. The molecule has 0 saturated heterocycles. The van der Waals surface area contributed by atoms with Crippen LogP contribution in [0, 0.1) is 6.92 Å². The lowest BCUT2D eigenvalue weighted by Crippen LogP contribution is -2.15. The molecule has 2 aromatic rings. The Hall–Kier alpha value is -1.81. The molecular weight excluding hydrogens is 180 g/mol. The van der Waals surface area contributed by atoms with E-state index in [0.717, 1.165) is 10.9 Å². The van der Waals surface area contributed by atoms with Crippen molar-refractivity contribution < 1.29 is 4.42 Å². The lowest BCUT2D eigenvalue weighted by atomic mass is 10.1. The third-order valence-electron chi connectivity index (χ3n) is 2.04. The van der Waals surface area contributed by atoms with Crippen molar-refractivity contribution in [3.8, 4) is 0 Å². The van der Waals surface area contributed by atoms with Crippen molar-refractivity contribution in [2.75, 3.05) is 5.43 Å². The molecule has 3 N–H and O–H groups in total. The van der Waals surface area contributed by atoms with E-state index in [2.05, 4.69) is 5.43 Å². The minimum atomic E-state index is -0.455. The number of nitrogens with two attached hydrogens (primary N) is 1. The highest BCUT2D eigenvalue weighted by Crippen LogP contribution is 2.16. The fourth-order valence-corrected chi connectivity index (χ4v) is 1.34. The van der Waals surface area contributed by atoms with Crippen LogP contribution in [0.4, 0.5) is 5.69 Å². The fourth-order valence-electron chi connectivity index (χ4n) is 1.34. The van der Waals surface area contributed by atoms with E-state index in [9.17, 15) is 4.79 Å². The summed E-state index contributed by atoms with van der Waals surface area (Å²) in [4.78, 5) is 11.2. The third kappa shape index (κ3) is 1.36. The fraction of sp³-hybridized carbons (Fsp3) is 0.100. The van der Waals surface area contributed by atoms with Gasteiger partial charge in [0.2, 0.25) is 0 Å². The number of benzene rings is 1. The Morgan fingerprint density at radius 1 is 1.36 bits per heavy atom. The van der Waals surface area contributed by atoms with Gasteiger partial charge in [0.05, 0.1) is 0 Å². The molecule has 4 nitrogen and oxygen atoms in total. The van der Waals surface area contributed by atoms with Crippen LogP contribution in [0.2, 0.25) is 0 Å². The largest absolute Gasteiger partial charge is 0.421 e.